The Kier molecular flexibility index (Phi) is 3.59. The van der Waals surface area contributed by atoms with Gasteiger partial charge in [-0.2, -0.15) is 5.10 Å². The van der Waals surface area contributed by atoms with Gasteiger partial charge >= 0.3 is 0 Å². The van der Waals surface area contributed by atoms with E-state index in [1.807, 2.05) is 6.92 Å². The van der Waals surface area contributed by atoms with Gasteiger partial charge in [0.05, 0.1) is 5.69 Å². The van der Waals surface area contributed by atoms with Gasteiger partial charge in [-0.15, -0.1) is 0 Å². The monoisotopic (exact) mass is 258 g/mol. The predicted molar refractivity (Wildman–Crippen MR) is 73.7 cm³/mol. The fraction of sp³-hybridized carbons (Fsp3) is 0.385. The average molecular weight is 258 g/mol. The maximum Gasteiger partial charge on any atom is 0.251 e. The molecule has 0 atom stereocenters. The molecule has 0 saturated carbocycles. The largest absolute Gasteiger partial charge is 0.382 e. The van der Waals surface area contributed by atoms with Gasteiger partial charge in [-0.25, -0.2) is 14.6 Å². The molecule has 0 fully saturated rings. The minimum atomic E-state index is -0.0623. The molecule has 2 rings (SSSR count). The average Bonchev–Trinajstić information content (AvgIpc) is 2.81. The van der Waals surface area contributed by atoms with E-state index in [0.717, 1.165) is 29.9 Å². The number of rotatable bonds is 4. The molecule has 2 aromatic rings. The van der Waals surface area contributed by atoms with E-state index in [4.69, 9.17) is 11.1 Å². The minimum absolute atomic E-state index is 0.0623. The van der Waals surface area contributed by atoms with Gasteiger partial charge < -0.3 is 5.73 Å². The van der Waals surface area contributed by atoms with Crippen LogP contribution in [0.3, 0.4) is 0 Å². The lowest BCUT2D eigenvalue weighted by atomic mass is 10.2. The van der Waals surface area contributed by atoms with Crippen LogP contribution in [-0.2, 0) is 12.8 Å². The second-order valence-corrected chi connectivity index (χ2v) is 4.35. The van der Waals surface area contributed by atoms with Crippen molar-refractivity contribution in [2.75, 3.05) is 0 Å². The molecule has 6 heteroatoms. The van der Waals surface area contributed by atoms with Crippen molar-refractivity contribution in [3.05, 3.63) is 34.9 Å². The molecule has 0 aliphatic carbocycles. The topological polar surface area (TPSA) is 93.5 Å². The SMILES string of the molecule is CCc1cc(CC)n(-c2nc(C)cc(C(=N)N)n2)n1. The molecule has 0 aliphatic heterocycles. The van der Waals surface area contributed by atoms with Crippen LogP contribution in [0.5, 0.6) is 0 Å². The summed E-state index contributed by atoms with van der Waals surface area (Å²) in [4.78, 5) is 8.68. The van der Waals surface area contributed by atoms with Crippen LogP contribution >= 0.6 is 0 Å². The van der Waals surface area contributed by atoms with Crippen LogP contribution in [0.25, 0.3) is 5.95 Å². The first-order valence-electron chi connectivity index (χ1n) is 6.33. The van der Waals surface area contributed by atoms with Crippen molar-refractivity contribution in [2.45, 2.75) is 33.6 Å². The van der Waals surface area contributed by atoms with Crippen molar-refractivity contribution in [1.82, 2.24) is 19.7 Å². The summed E-state index contributed by atoms with van der Waals surface area (Å²) < 4.78 is 1.73. The highest BCUT2D eigenvalue weighted by Gasteiger charge is 2.12. The van der Waals surface area contributed by atoms with Crippen molar-refractivity contribution in [2.24, 2.45) is 5.73 Å². The van der Waals surface area contributed by atoms with Crippen LogP contribution in [0.1, 0.15) is 36.6 Å². The van der Waals surface area contributed by atoms with E-state index in [1.165, 1.54) is 0 Å². The summed E-state index contributed by atoms with van der Waals surface area (Å²) in [7, 11) is 0. The number of amidine groups is 1. The van der Waals surface area contributed by atoms with Gasteiger partial charge in [0.25, 0.3) is 5.95 Å². The van der Waals surface area contributed by atoms with Gasteiger partial charge in [-0.3, -0.25) is 5.41 Å². The summed E-state index contributed by atoms with van der Waals surface area (Å²) >= 11 is 0. The fourth-order valence-corrected chi connectivity index (χ4v) is 1.86. The summed E-state index contributed by atoms with van der Waals surface area (Å²) in [5.74, 6) is 0.411. The molecule has 0 amide bonds. The summed E-state index contributed by atoms with van der Waals surface area (Å²) in [6.07, 6.45) is 1.71. The number of nitrogens with zero attached hydrogens (tertiary/aromatic N) is 4. The maximum absolute atomic E-state index is 7.49. The van der Waals surface area contributed by atoms with E-state index in [1.54, 1.807) is 10.7 Å². The molecule has 6 nitrogen and oxygen atoms in total. The number of hydrogen-bond acceptors (Lipinski definition) is 4. The van der Waals surface area contributed by atoms with Gasteiger partial charge in [0, 0.05) is 11.4 Å². The number of aromatic nitrogens is 4. The molecule has 3 N–H and O–H groups in total. The molecule has 2 heterocycles. The van der Waals surface area contributed by atoms with Crippen LogP contribution in [-0.4, -0.2) is 25.6 Å². The van der Waals surface area contributed by atoms with Crippen LogP contribution in [0.4, 0.5) is 0 Å². The fourth-order valence-electron chi connectivity index (χ4n) is 1.86. The lowest BCUT2D eigenvalue weighted by Gasteiger charge is -2.07. The number of nitrogens with two attached hydrogens (primary N) is 1. The van der Waals surface area contributed by atoms with Gasteiger partial charge in [0.1, 0.15) is 11.5 Å². The van der Waals surface area contributed by atoms with E-state index >= 15 is 0 Å². The molecule has 0 saturated heterocycles. The van der Waals surface area contributed by atoms with Crippen LogP contribution in [0.15, 0.2) is 12.1 Å². The zero-order valence-corrected chi connectivity index (χ0v) is 11.4. The first-order chi connectivity index (χ1) is 9.05. The molecule has 100 valence electrons. The normalized spacial score (nSPS) is 10.7. The summed E-state index contributed by atoms with van der Waals surface area (Å²) in [5.41, 5.74) is 8.75. The zero-order chi connectivity index (χ0) is 14.0. The van der Waals surface area contributed by atoms with E-state index in [-0.39, 0.29) is 5.84 Å². The van der Waals surface area contributed by atoms with Crippen molar-refractivity contribution >= 4 is 5.84 Å². The Morgan fingerprint density at radius 2 is 2.00 bits per heavy atom. The first kappa shape index (κ1) is 13.2. The highest BCUT2D eigenvalue weighted by atomic mass is 15.4. The Morgan fingerprint density at radius 3 is 2.58 bits per heavy atom. The third-order valence-corrected chi connectivity index (χ3v) is 2.87. The van der Waals surface area contributed by atoms with Gasteiger partial charge in [0.15, 0.2) is 0 Å². The van der Waals surface area contributed by atoms with E-state index in [0.29, 0.717) is 11.6 Å². The number of aryl methyl sites for hydroxylation is 3. The third-order valence-electron chi connectivity index (χ3n) is 2.87. The number of hydrogen-bond donors (Lipinski definition) is 2. The van der Waals surface area contributed by atoms with Gasteiger partial charge in [-0.05, 0) is 31.9 Å². The minimum Gasteiger partial charge on any atom is -0.382 e. The van der Waals surface area contributed by atoms with Crippen LogP contribution < -0.4 is 5.73 Å². The predicted octanol–water partition coefficient (Wildman–Crippen LogP) is 1.38. The Bertz CT molecular complexity index is 614. The van der Waals surface area contributed by atoms with E-state index in [9.17, 15) is 0 Å². The molecule has 0 aromatic carbocycles. The van der Waals surface area contributed by atoms with Crippen molar-refractivity contribution in [3.63, 3.8) is 0 Å². The molecule has 0 unspecified atom stereocenters. The number of nitrogens with one attached hydrogen (secondary N) is 1. The summed E-state index contributed by atoms with van der Waals surface area (Å²) in [5, 5.41) is 12.0. The first-order valence-corrected chi connectivity index (χ1v) is 6.33. The second kappa shape index (κ2) is 5.17. The second-order valence-electron chi connectivity index (χ2n) is 4.35. The molecule has 2 aromatic heterocycles. The lowest BCUT2D eigenvalue weighted by Crippen LogP contribution is -2.17. The van der Waals surface area contributed by atoms with Crippen LogP contribution in [0, 0.1) is 12.3 Å². The van der Waals surface area contributed by atoms with E-state index < -0.39 is 0 Å². The highest BCUT2D eigenvalue weighted by molar-refractivity contribution is 5.93. The van der Waals surface area contributed by atoms with Crippen molar-refractivity contribution in [3.8, 4) is 5.95 Å². The molecular formula is C13H18N6. The van der Waals surface area contributed by atoms with Crippen LogP contribution in [0.2, 0.25) is 0 Å². The van der Waals surface area contributed by atoms with Crippen molar-refractivity contribution < 1.29 is 0 Å². The molecule has 19 heavy (non-hydrogen) atoms. The molecule has 0 radical (unpaired) electrons. The highest BCUT2D eigenvalue weighted by Crippen LogP contribution is 2.12. The van der Waals surface area contributed by atoms with Gasteiger partial charge in [0.2, 0.25) is 0 Å². The Hall–Kier alpha value is -2.24. The summed E-state index contributed by atoms with van der Waals surface area (Å²) in [6, 6.07) is 3.75. The molecular weight excluding hydrogens is 240 g/mol. The van der Waals surface area contributed by atoms with E-state index in [2.05, 4.69) is 35.0 Å². The summed E-state index contributed by atoms with van der Waals surface area (Å²) in [6.45, 7) is 5.98. The molecule has 0 spiro atoms. The smallest absolute Gasteiger partial charge is 0.251 e. The quantitative estimate of drug-likeness (QED) is 0.640. The Morgan fingerprint density at radius 1 is 1.26 bits per heavy atom. The third kappa shape index (κ3) is 2.62. The molecule has 0 bridgehead atoms. The number of nitrogen functional groups attached to an aromatic ring is 1. The maximum atomic E-state index is 7.49. The van der Waals surface area contributed by atoms with Crippen molar-refractivity contribution in [1.29, 1.82) is 5.41 Å². The standard InChI is InChI=1S/C13H18N6/c1-4-9-7-10(5-2)19(18-9)13-16-8(3)6-11(17-13)12(14)15/h6-7H,4-5H2,1-3H3,(H3,14,15). The Balaban J connectivity index is 2.57. The Labute approximate surface area is 112 Å². The zero-order valence-electron chi connectivity index (χ0n) is 11.4. The van der Waals surface area contributed by atoms with Gasteiger partial charge in [-0.1, -0.05) is 13.8 Å². The lowest BCUT2D eigenvalue weighted by molar-refractivity contribution is 0.740. The molecule has 0 aliphatic rings.